The predicted octanol–water partition coefficient (Wildman–Crippen LogP) is 3.60. The molecular formula is C22H28N4O4S. The topological polar surface area (TPSA) is 113 Å². The van der Waals surface area contributed by atoms with Gasteiger partial charge in [-0.25, -0.2) is 22.9 Å². The minimum absolute atomic E-state index is 0.0530. The highest BCUT2D eigenvalue weighted by Gasteiger charge is 2.17. The highest BCUT2D eigenvalue weighted by molar-refractivity contribution is 7.89. The van der Waals surface area contributed by atoms with Gasteiger partial charge in [-0.3, -0.25) is 0 Å². The Kier molecular flexibility index (Phi) is 6.66. The van der Waals surface area contributed by atoms with Gasteiger partial charge in [0.1, 0.15) is 11.2 Å². The fraction of sp³-hybridized carbons (Fsp3) is 0.364. The third-order valence-corrected chi connectivity index (χ3v) is 6.01. The zero-order valence-electron chi connectivity index (χ0n) is 18.2. The fourth-order valence-electron chi connectivity index (χ4n) is 3.08. The number of carbonyl (C=O) groups is 1. The number of fused-ring (bicyclic) bond motifs is 1. The molecule has 0 spiro atoms. The number of benzene rings is 1. The van der Waals surface area contributed by atoms with Crippen molar-refractivity contribution in [2.45, 2.75) is 44.6 Å². The molecule has 0 aliphatic heterocycles. The van der Waals surface area contributed by atoms with Crippen molar-refractivity contribution in [2.24, 2.45) is 0 Å². The average molecular weight is 445 g/mol. The van der Waals surface area contributed by atoms with Crippen LogP contribution in [0.5, 0.6) is 0 Å². The summed E-state index contributed by atoms with van der Waals surface area (Å²) in [7, 11) is -3.70. The summed E-state index contributed by atoms with van der Waals surface area (Å²) in [5, 5.41) is 3.52. The van der Waals surface area contributed by atoms with Crippen LogP contribution in [0.1, 0.15) is 33.4 Å². The second kappa shape index (κ2) is 9.07. The van der Waals surface area contributed by atoms with E-state index < -0.39 is 21.7 Å². The summed E-state index contributed by atoms with van der Waals surface area (Å²) in [4.78, 5) is 19.4. The standard InChI is InChI=1S/C22H28N4O4S/c1-5-16-14-19-18(10-11-23-20(19)26-16)15-6-8-17(9-7-15)31(28,29)25-13-12-24-21(27)30-22(2,3)4/h6-11,14,25H,5,12-13H2,1-4H3,(H,23,26)(H,24,27). The Morgan fingerprint density at radius 3 is 2.48 bits per heavy atom. The van der Waals surface area contributed by atoms with Crippen LogP contribution in [0.15, 0.2) is 47.5 Å². The van der Waals surface area contributed by atoms with Crippen molar-refractivity contribution in [3.8, 4) is 11.1 Å². The van der Waals surface area contributed by atoms with Gasteiger partial charge in [0.05, 0.1) is 4.90 Å². The highest BCUT2D eigenvalue weighted by Crippen LogP contribution is 2.29. The number of amides is 1. The number of pyridine rings is 1. The lowest BCUT2D eigenvalue weighted by Crippen LogP contribution is -2.37. The van der Waals surface area contributed by atoms with E-state index in [1.807, 2.05) is 6.07 Å². The number of aromatic nitrogens is 2. The normalized spacial score (nSPS) is 12.1. The molecule has 0 aliphatic rings. The SMILES string of the molecule is CCc1cc2c(-c3ccc(S(=O)(=O)NCCNC(=O)OC(C)(C)C)cc3)ccnc2[nH]1. The van der Waals surface area contributed by atoms with Crippen LogP contribution in [0.2, 0.25) is 0 Å². The molecule has 3 aromatic rings. The Bertz CT molecular complexity index is 1160. The van der Waals surface area contributed by atoms with E-state index in [4.69, 9.17) is 4.74 Å². The largest absolute Gasteiger partial charge is 0.444 e. The molecule has 0 unspecified atom stereocenters. The van der Waals surface area contributed by atoms with Gasteiger partial charge in [-0.1, -0.05) is 19.1 Å². The Morgan fingerprint density at radius 1 is 1.13 bits per heavy atom. The maximum Gasteiger partial charge on any atom is 0.407 e. The third-order valence-electron chi connectivity index (χ3n) is 4.53. The molecule has 3 rings (SSSR count). The molecule has 3 N–H and O–H groups in total. The molecule has 0 saturated carbocycles. The van der Waals surface area contributed by atoms with Gasteiger partial charge in [-0.15, -0.1) is 0 Å². The summed E-state index contributed by atoms with van der Waals surface area (Å²) in [6.45, 7) is 7.52. The number of hydrogen-bond acceptors (Lipinski definition) is 5. The van der Waals surface area contributed by atoms with Crippen LogP contribution in [0.3, 0.4) is 0 Å². The van der Waals surface area contributed by atoms with Crippen molar-refractivity contribution in [1.29, 1.82) is 0 Å². The monoisotopic (exact) mass is 444 g/mol. The lowest BCUT2D eigenvalue weighted by Gasteiger charge is -2.19. The number of carbonyl (C=O) groups excluding carboxylic acids is 1. The Morgan fingerprint density at radius 2 is 1.84 bits per heavy atom. The van der Waals surface area contributed by atoms with Gasteiger partial charge in [0.15, 0.2) is 0 Å². The summed E-state index contributed by atoms with van der Waals surface area (Å²) < 4.78 is 32.7. The maximum absolute atomic E-state index is 12.5. The Balaban J connectivity index is 1.65. The minimum Gasteiger partial charge on any atom is -0.444 e. The van der Waals surface area contributed by atoms with Crippen molar-refractivity contribution in [2.75, 3.05) is 13.1 Å². The minimum atomic E-state index is -3.70. The number of nitrogens with one attached hydrogen (secondary N) is 3. The summed E-state index contributed by atoms with van der Waals surface area (Å²) in [6.07, 6.45) is 2.02. The van der Waals surface area contributed by atoms with E-state index in [1.54, 1.807) is 51.2 Å². The zero-order chi connectivity index (χ0) is 22.6. The lowest BCUT2D eigenvalue weighted by molar-refractivity contribution is 0.0529. The van der Waals surface area contributed by atoms with Gasteiger partial charge in [-0.2, -0.15) is 0 Å². The van der Waals surface area contributed by atoms with Crippen molar-refractivity contribution in [3.63, 3.8) is 0 Å². The first kappa shape index (κ1) is 22.8. The molecule has 8 nitrogen and oxygen atoms in total. The summed E-state index contributed by atoms with van der Waals surface area (Å²) in [6, 6.07) is 10.7. The maximum atomic E-state index is 12.5. The summed E-state index contributed by atoms with van der Waals surface area (Å²) in [5.41, 5.74) is 3.19. The molecule has 0 aliphatic carbocycles. The number of hydrogen-bond donors (Lipinski definition) is 3. The van der Waals surface area contributed by atoms with Crippen LogP contribution in [0.25, 0.3) is 22.2 Å². The van der Waals surface area contributed by atoms with Gasteiger partial charge in [0, 0.05) is 30.4 Å². The van der Waals surface area contributed by atoms with E-state index in [2.05, 4.69) is 33.0 Å². The molecule has 31 heavy (non-hydrogen) atoms. The first-order valence-electron chi connectivity index (χ1n) is 10.1. The number of rotatable bonds is 7. The molecule has 2 aromatic heterocycles. The summed E-state index contributed by atoms with van der Waals surface area (Å²) in [5.74, 6) is 0. The van der Waals surface area contributed by atoms with E-state index in [-0.39, 0.29) is 18.0 Å². The second-order valence-electron chi connectivity index (χ2n) is 8.12. The van der Waals surface area contributed by atoms with Crippen molar-refractivity contribution < 1.29 is 17.9 Å². The van der Waals surface area contributed by atoms with E-state index >= 15 is 0 Å². The quantitative estimate of drug-likeness (QED) is 0.482. The molecule has 1 aromatic carbocycles. The second-order valence-corrected chi connectivity index (χ2v) is 9.89. The first-order chi connectivity index (χ1) is 14.6. The number of H-pyrrole nitrogens is 1. The third kappa shape index (κ3) is 5.83. The highest BCUT2D eigenvalue weighted by atomic mass is 32.2. The molecule has 0 radical (unpaired) electrons. The van der Waals surface area contributed by atoms with Crippen LogP contribution >= 0.6 is 0 Å². The molecule has 0 saturated heterocycles. The van der Waals surface area contributed by atoms with Crippen LogP contribution in [-0.2, 0) is 21.2 Å². The van der Waals surface area contributed by atoms with Crippen LogP contribution in [0.4, 0.5) is 4.79 Å². The van der Waals surface area contributed by atoms with Gasteiger partial charge in [0.2, 0.25) is 10.0 Å². The van der Waals surface area contributed by atoms with Crippen LogP contribution < -0.4 is 10.0 Å². The van der Waals surface area contributed by atoms with E-state index in [9.17, 15) is 13.2 Å². The summed E-state index contributed by atoms with van der Waals surface area (Å²) >= 11 is 0. The Hall–Kier alpha value is -2.91. The molecule has 166 valence electrons. The number of aryl methyl sites for hydroxylation is 1. The van der Waals surface area contributed by atoms with Crippen molar-refractivity contribution in [1.82, 2.24) is 20.0 Å². The van der Waals surface area contributed by atoms with Gasteiger partial charge in [-0.05, 0) is 62.6 Å². The van der Waals surface area contributed by atoms with Crippen LogP contribution in [0, 0.1) is 0 Å². The number of alkyl carbamates (subject to hydrolysis) is 1. The number of nitrogens with zero attached hydrogens (tertiary/aromatic N) is 1. The van der Waals surface area contributed by atoms with Gasteiger partial charge in [0.25, 0.3) is 0 Å². The van der Waals surface area contributed by atoms with E-state index in [0.717, 1.165) is 34.3 Å². The van der Waals surface area contributed by atoms with Gasteiger partial charge >= 0.3 is 6.09 Å². The Labute approximate surface area is 182 Å². The van der Waals surface area contributed by atoms with Crippen molar-refractivity contribution >= 4 is 27.1 Å². The predicted molar refractivity (Wildman–Crippen MR) is 120 cm³/mol. The van der Waals surface area contributed by atoms with Crippen LogP contribution in [-0.4, -0.2) is 43.2 Å². The number of ether oxygens (including phenoxy) is 1. The fourth-order valence-corrected chi connectivity index (χ4v) is 4.12. The molecule has 0 fully saturated rings. The molecule has 2 heterocycles. The molecule has 9 heteroatoms. The number of aromatic amines is 1. The first-order valence-corrected chi connectivity index (χ1v) is 11.6. The van der Waals surface area contributed by atoms with E-state index in [0.29, 0.717) is 0 Å². The molecule has 0 atom stereocenters. The smallest absolute Gasteiger partial charge is 0.407 e. The molecule has 1 amide bonds. The van der Waals surface area contributed by atoms with Crippen molar-refractivity contribution in [3.05, 3.63) is 48.3 Å². The van der Waals surface area contributed by atoms with Gasteiger partial charge < -0.3 is 15.0 Å². The molecular weight excluding hydrogens is 416 g/mol. The number of sulfonamides is 1. The molecule has 0 bridgehead atoms. The average Bonchev–Trinajstić information content (AvgIpc) is 3.13. The zero-order valence-corrected chi connectivity index (χ0v) is 19.0. The lowest BCUT2D eigenvalue weighted by atomic mass is 10.0. The van der Waals surface area contributed by atoms with E-state index in [1.165, 1.54) is 0 Å².